The maximum Gasteiger partial charge on any atom is 0.304 e. The summed E-state index contributed by atoms with van der Waals surface area (Å²) in [6.07, 6.45) is 1.60. The molecule has 0 rings (SSSR count). The summed E-state index contributed by atoms with van der Waals surface area (Å²) in [7, 11) is 0. The van der Waals surface area contributed by atoms with Gasteiger partial charge < -0.3 is 15.7 Å². The number of hydrogen-bond donors (Lipinski definition) is 3. The van der Waals surface area contributed by atoms with Gasteiger partial charge in [-0.05, 0) is 6.92 Å². The number of aliphatic carboxylic acids is 1. The molecule has 0 aromatic carbocycles. The van der Waals surface area contributed by atoms with Crippen molar-refractivity contribution in [3.8, 4) is 0 Å². The highest BCUT2D eigenvalue weighted by Crippen LogP contribution is 1.83. The Morgan fingerprint density at radius 2 is 2.21 bits per heavy atom. The number of carbonyl (C=O) groups excluding carboxylic acids is 1. The van der Waals surface area contributed by atoms with E-state index in [1.54, 1.807) is 13.0 Å². The van der Waals surface area contributed by atoms with Crippen molar-refractivity contribution in [3.05, 3.63) is 12.7 Å². The first-order chi connectivity index (χ1) is 6.57. The van der Waals surface area contributed by atoms with Gasteiger partial charge in [0, 0.05) is 13.1 Å². The molecule has 1 unspecified atom stereocenters. The molecule has 0 fully saturated rings. The van der Waals surface area contributed by atoms with E-state index in [-0.39, 0.29) is 24.9 Å². The lowest BCUT2D eigenvalue weighted by Gasteiger charge is -2.11. The van der Waals surface area contributed by atoms with Gasteiger partial charge in [0.15, 0.2) is 0 Å². The minimum atomic E-state index is -0.879. The number of amides is 1. The Hall–Kier alpha value is -1.36. The third kappa shape index (κ3) is 6.19. The summed E-state index contributed by atoms with van der Waals surface area (Å²) < 4.78 is 0. The van der Waals surface area contributed by atoms with Crippen LogP contribution in [-0.4, -0.2) is 36.1 Å². The number of rotatable bonds is 7. The Labute approximate surface area is 83.2 Å². The van der Waals surface area contributed by atoms with Crippen molar-refractivity contribution in [2.24, 2.45) is 0 Å². The summed E-state index contributed by atoms with van der Waals surface area (Å²) in [4.78, 5) is 21.4. The second-order valence-corrected chi connectivity index (χ2v) is 2.85. The first-order valence-corrected chi connectivity index (χ1v) is 4.41. The highest BCUT2D eigenvalue weighted by molar-refractivity contribution is 5.81. The van der Waals surface area contributed by atoms with Crippen LogP contribution in [-0.2, 0) is 9.59 Å². The predicted octanol–water partition coefficient (Wildman–Crippen LogP) is -0.259. The molecule has 5 nitrogen and oxygen atoms in total. The second kappa shape index (κ2) is 7.08. The normalized spacial score (nSPS) is 11.8. The molecule has 5 heteroatoms. The fraction of sp³-hybridized carbons (Fsp3) is 0.556. The zero-order valence-corrected chi connectivity index (χ0v) is 8.25. The molecule has 0 aliphatic heterocycles. The number of carbonyl (C=O) groups is 2. The maximum atomic E-state index is 11.2. The summed E-state index contributed by atoms with van der Waals surface area (Å²) >= 11 is 0. The Kier molecular flexibility index (Phi) is 6.39. The highest BCUT2D eigenvalue weighted by atomic mass is 16.4. The molecule has 0 heterocycles. The zero-order chi connectivity index (χ0) is 11.0. The van der Waals surface area contributed by atoms with Gasteiger partial charge in [0.1, 0.15) is 0 Å². The van der Waals surface area contributed by atoms with Gasteiger partial charge in [-0.15, -0.1) is 6.58 Å². The largest absolute Gasteiger partial charge is 0.481 e. The Bertz CT molecular complexity index is 216. The van der Waals surface area contributed by atoms with Crippen molar-refractivity contribution < 1.29 is 14.7 Å². The maximum absolute atomic E-state index is 11.2. The molecule has 0 aromatic heterocycles. The van der Waals surface area contributed by atoms with Gasteiger partial charge >= 0.3 is 5.97 Å². The quantitative estimate of drug-likeness (QED) is 0.495. The number of carboxylic acid groups (broad SMARTS) is 1. The molecule has 1 amide bonds. The van der Waals surface area contributed by atoms with E-state index in [9.17, 15) is 9.59 Å². The SMILES string of the molecule is C=CCNC(=O)C(C)NCCC(=O)O. The van der Waals surface area contributed by atoms with E-state index in [1.807, 2.05) is 0 Å². The van der Waals surface area contributed by atoms with Gasteiger partial charge in [-0.1, -0.05) is 6.08 Å². The molecule has 0 aliphatic carbocycles. The number of carboxylic acids is 1. The molecule has 0 aromatic rings. The van der Waals surface area contributed by atoms with Gasteiger partial charge in [-0.3, -0.25) is 9.59 Å². The van der Waals surface area contributed by atoms with Crippen LogP contribution >= 0.6 is 0 Å². The fourth-order valence-corrected chi connectivity index (χ4v) is 0.814. The van der Waals surface area contributed by atoms with Gasteiger partial charge in [-0.25, -0.2) is 0 Å². The van der Waals surface area contributed by atoms with Crippen LogP contribution in [0.3, 0.4) is 0 Å². The van der Waals surface area contributed by atoms with E-state index in [0.29, 0.717) is 6.54 Å². The van der Waals surface area contributed by atoms with E-state index < -0.39 is 5.97 Å². The molecule has 0 saturated heterocycles. The summed E-state index contributed by atoms with van der Waals surface area (Å²) in [5, 5.41) is 13.8. The monoisotopic (exact) mass is 200 g/mol. The van der Waals surface area contributed by atoms with E-state index >= 15 is 0 Å². The minimum Gasteiger partial charge on any atom is -0.481 e. The van der Waals surface area contributed by atoms with Crippen molar-refractivity contribution >= 4 is 11.9 Å². The predicted molar refractivity (Wildman–Crippen MR) is 52.9 cm³/mol. The van der Waals surface area contributed by atoms with Crippen molar-refractivity contribution in [1.82, 2.24) is 10.6 Å². The lowest BCUT2D eigenvalue weighted by molar-refractivity contribution is -0.137. The molecule has 0 aliphatic rings. The Morgan fingerprint density at radius 3 is 2.71 bits per heavy atom. The smallest absolute Gasteiger partial charge is 0.304 e. The van der Waals surface area contributed by atoms with Crippen LogP contribution < -0.4 is 10.6 Å². The molecule has 0 saturated carbocycles. The first kappa shape index (κ1) is 12.6. The van der Waals surface area contributed by atoms with E-state index in [0.717, 1.165) is 0 Å². The molecular formula is C9H16N2O3. The number of nitrogens with one attached hydrogen (secondary N) is 2. The van der Waals surface area contributed by atoms with Gasteiger partial charge in [0.25, 0.3) is 0 Å². The third-order valence-corrected chi connectivity index (χ3v) is 1.60. The second-order valence-electron chi connectivity index (χ2n) is 2.85. The minimum absolute atomic E-state index is 0.0130. The lowest BCUT2D eigenvalue weighted by atomic mass is 10.3. The Morgan fingerprint density at radius 1 is 1.57 bits per heavy atom. The molecule has 1 atom stereocenters. The average Bonchev–Trinajstić information content (AvgIpc) is 2.13. The summed E-state index contributed by atoms with van der Waals surface area (Å²) in [5.74, 6) is -1.04. The summed E-state index contributed by atoms with van der Waals surface area (Å²) in [5.41, 5.74) is 0. The first-order valence-electron chi connectivity index (χ1n) is 4.41. The van der Waals surface area contributed by atoms with Crippen LogP contribution in [0, 0.1) is 0 Å². The van der Waals surface area contributed by atoms with Gasteiger partial charge in [0.2, 0.25) is 5.91 Å². The molecule has 0 spiro atoms. The van der Waals surface area contributed by atoms with Gasteiger partial charge in [0.05, 0.1) is 12.5 Å². The van der Waals surface area contributed by atoms with Crippen molar-refractivity contribution in [2.45, 2.75) is 19.4 Å². The van der Waals surface area contributed by atoms with Crippen LogP contribution in [0.25, 0.3) is 0 Å². The van der Waals surface area contributed by atoms with E-state index in [2.05, 4.69) is 17.2 Å². The summed E-state index contributed by atoms with van der Waals surface area (Å²) in [6.45, 7) is 5.86. The van der Waals surface area contributed by atoms with Crippen molar-refractivity contribution in [2.75, 3.05) is 13.1 Å². The standard InChI is InChI=1S/C9H16N2O3/c1-3-5-11-9(14)7(2)10-6-4-8(12)13/h3,7,10H,1,4-6H2,2H3,(H,11,14)(H,12,13). The highest BCUT2D eigenvalue weighted by Gasteiger charge is 2.10. The fourth-order valence-electron chi connectivity index (χ4n) is 0.814. The van der Waals surface area contributed by atoms with Crippen LogP contribution in [0.2, 0.25) is 0 Å². The van der Waals surface area contributed by atoms with Crippen molar-refractivity contribution in [3.63, 3.8) is 0 Å². The number of hydrogen-bond acceptors (Lipinski definition) is 3. The zero-order valence-electron chi connectivity index (χ0n) is 8.25. The van der Waals surface area contributed by atoms with Crippen molar-refractivity contribution in [1.29, 1.82) is 0 Å². The average molecular weight is 200 g/mol. The molecule has 3 N–H and O–H groups in total. The molecule has 0 radical (unpaired) electrons. The van der Waals surface area contributed by atoms with Crippen LogP contribution in [0.4, 0.5) is 0 Å². The third-order valence-electron chi connectivity index (χ3n) is 1.60. The molecular weight excluding hydrogens is 184 g/mol. The van der Waals surface area contributed by atoms with Crippen LogP contribution in [0.1, 0.15) is 13.3 Å². The molecule has 14 heavy (non-hydrogen) atoms. The van der Waals surface area contributed by atoms with Gasteiger partial charge in [-0.2, -0.15) is 0 Å². The Balaban J connectivity index is 3.61. The molecule has 80 valence electrons. The van der Waals surface area contributed by atoms with Crippen LogP contribution in [0.5, 0.6) is 0 Å². The molecule has 0 bridgehead atoms. The van der Waals surface area contributed by atoms with Crippen LogP contribution in [0.15, 0.2) is 12.7 Å². The lowest BCUT2D eigenvalue weighted by Crippen LogP contribution is -2.42. The van der Waals surface area contributed by atoms with E-state index in [4.69, 9.17) is 5.11 Å². The topological polar surface area (TPSA) is 78.4 Å². The van der Waals surface area contributed by atoms with E-state index in [1.165, 1.54) is 0 Å². The summed E-state index contributed by atoms with van der Waals surface area (Å²) in [6, 6.07) is -0.380.